The molecule has 0 N–H and O–H groups in total. The molecule has 0 bridgehead atoms. The predicted molar refractivity (Wildman–Crippen MR) is 171 cm³/mol. The van der Waals surface area contributed by atoms with Crippen LogP contribution in [-0.2, 0) is 4.79 Å². The molecule has 3 aliphatic heterocycles. The van der Waals surface area contributed by atoms with Crippen LogP contribution in [0.5, 0.6) is 0 Å². The van der Waals surface area contributed by atoms with E-state index in [1.165, 1.54) is 30.7 Å². The predicted octanol–water partition coefficient (Wildman–Crippen LogP) is 4.78. The second-order valence-electron chi connectivity index (χ2n) is 12.4. The molecule has 1 saturated carbocycles. The van der Waals surface area contributed by atoms with Crippen LogP contribution < -0.4 is 10.6 Å². The normalized spacial score (nSPS) is 22.7. The van der Waals surface area contributed by atoms with E-state index in [4.69, 9.17) is 11.6 Å². The number of carbonyl (C=O) groups is 1. The van der Waals surface area contributed by atoms with Crippen LogP contribution in [0.4, 0.5) is 19.0 Å². The Morgan fingerprint density at radius 1 is 1.07 bits per heavy atom. The van der Waals surface area contributed by atoms with Gasteiger partial charge in [-0.25, -0.2) is 18.0 Å². The molecule has 0 spiro atoms. The molecule has 0 radical (unpaired) electrons. The van der Waals surface area contributed by atoms with Crippen LogP contribution >= 0.6 is 23.4 Å². The van der Waals surface area contributed by atoms with Gasteiger partial charge in [0.25, 0.3) is 0 Å². The zero-order valence-corrected chi connectivity index (χ0v) is 26.5. The molecule has 7 rings (SSSR count). The Morgan fingerprint density at radius 2 is 1.80 bits per heavy atom. The number of aromatic nitrogens is 2. The maximum Gasteiger partial charge on any atom is 0.350 e. The minimum absolute atomic E-state index is 0.144. The number of rotatable bonds is 6. The summed E-state index contributed by atoms with van der Waals surface area (Å²) in [5.74, 6) is -2.64. The molecule has 1 aromatic heterocycles. The molecule has 2 atom stereocenters. The van der Waals surface area contributed by atoms with Gasteiger partial charge in [0.2, 0.25) is 5.91 Å². The molecule has 0 unspecified atom stereocenters. The summed E-state index contributed by atoms with van der Waals surface area (Å²) in [5.41, 5.74) is 0.182. The number of thioether (sulfide) groups is 1. The van der Waals surface area contributed by atoms with Gasteiger partial charge >= 0.3 is 5.69 Å². The van der Waals surface area contributed by atoms with E-state index < -0.39 is 23.1 Å². The van der Waals surface area contributed by atoms with Crippen LogP contribution in [-0.4, -0.2) is 100 Å². The fourth-order valence-corrected chi connectivity index (χ4v) is 8.71. The van der Waals surface area contributed by atoms with Crippen molar-refractivity contribution in [3.05, 3.63) is 63.8 Å². The first-order valence-corrected chi connectivity index (χ1v) is 16.7. The summed E-state index contributed by atoms with van der Waals surface area (Å²) in [7, 11) is 0. The van der Waals surface area contributed by atoms with Gasteiger partial charge < -0.3 is 9.80 Å². The maximum atomic E-state index is 15.2. The highest BCUT2D eigenvalue weighted by Gasteiger charge is 2.36. The Bertz CT molecular complexity index is 1760. The highest BCUT2D eigenvalue weighted by molar-refractivity contribution is 7.99. The van der Waals surface area contributed by atoms with Crippen molar-refractivity contribution in [3.8, 4) is 11.1 Å². The number of piperazine rings is 2. The van der Waals surface area contributed by atoms with Gasteiger partial charge in [0, 0.05) is 97.7 Å². The first-order chi connectivity index (χ1) is 21.6. The lowest BCUT2D eigenvalue weighted by Gasteiger charge is -2.41. The lowest BCUT2D eigenvalue weighted by Crippen LogP contribution is -2.54. The van der Waals surface area contributed by atoms with Gasteiger partial charge in [-0.2, -0.15) is 4.98 Å². The van der Waals surface area contributed by atoms with Crippen molar-refractivity contribution in [1.82, 2.24) is 24.3 Å². The van der Waals surface area contributed by atoms with Crippen LogP contribution in [0.25, 0.3) is 22.0 Å². The summed E-state index contributed by atoms with van der Waals surface area (Å²) in [6.07, 6.45) is 3.82. The Morgan fingerprint density at radius 3 is 2.49 bits per heavy atom. The molecular weight excluding hydrogens is 625 g/mol. The van der Waals surface area contributed by atoms with Gasteiger partial charge in [-0.3, -0.25) is 19.2 Å². The van der Waals surface area contributed by atoms with Gasteiger partial charge in [-0.15, -0.1) is 11.8 Å². The van der Waals surface area contributed by atoms with Crippen molar-refractivity contribution in [3.63, 3.8) is 0 Å². The Kier molecular flexibility index (Phi) is 8.12. The van der Waals surface area contributed by atoms with Crippen molar-refractivity contribution in [1.29, 1.82) is 0 Å². The van der Waals surface area contributed by atoms with Crippen LogP contribution in [0.1, 0.15) is 25.8 Å². The van der Waals surface area contributed by atoms with Gasteiger partial charge in [-0.1, -0.05) is 18.2 Å². The first-order valence-electron chi connectivity index (χ1n) is 15.4. The highest BCUT2D eigenvalue weighted by atomic mass is 35.5. The van der Waals surface area contributed by atoms with Crippen molar-refractivity contribution in [2.45, 2.75) is 42.8 Å². The van der Waals surface area contributed by atoms with Crippen molar-refractivity contribution >= 4 is 46.0 Å². The second-order valence-corrected chi connectivity index (χ2v) is 13.8. The second kappa shape index (κ2) is 11.9. The Balaban J connectivity index is 1.34. The van der Waals surface area contributed by atoms with E-state index in [2.05, 4.69) is 21.4 Å². The topological polar surface area (TPSA) is 64.9 Å². The molecular formula is C32H34ClF3N6O2S. The molecule has 1 amide bonds. The number of halogens is 4. The summed E-state index contributed by atoms with van der Waals surface area (Å²) in [6, 6.07) is 3.32. The van der Waals surface area contributed by atoms with Gasteiger partial charge in [0.05, 0.1) is 16.6 Å². The fraction of sp³-hybridized carbons (Fsp3) is 0.469. The quantitative estimate of drug-likeness (QED) is 0.279. The summed E-state index contributed by atoms with van der Waals surface area (Å²) >= 11 is 8.31. The van der Waals surface area contributed by atoms with Crippen LogP contribution in [0, 0.1) is 17.5 Å². The van der Waals surface area contributed by atoms with Gasteiger partial charge in [0.1, 0.15) is 11.6 Å². The van der Waals surface area contributed by atoms with Crippen LogP contribution in [0.3, 0.4) is 0 Å². The third-order valence-electron chi connectivity index (χ3n) is 9.49. The van der Waals surface area contributed by atoms with Gasteiger partial charge in [-0.05, 0) is 38.0 Å². The van der Waals surface area contributed by atoms with E-state index >= 15 is 4.39 Å². The largest absolute Gasteiger partial charge is 0.350 e. The minimum atomic E-state index is -1.29. The number of anilines is 1. The van der Waals surface area contributed by atoms with E-state index in [-0.39, 0.29) is 34.1 Å². The highest BCUT2D eigenvalue weighted by Crippen LogP contribution is 2.48. The number of benzene rings is 2. The Labute approximate surface area is 268 Å². The van der Waals surface area contributed by atoms with E-state index in [1.807, 2.05) is 11.8 Å². The number of hydrogen-bond donors (Lipinski definition) is 0. The molecule has 2 aromatic carbocycles. The van der Waals surface area contributed by atoms with Crippen molar-refractivity contribution < 1.29 is 18.0 Å². The molecule has 4 aliphatic rings. The van der Waals surface area contributed by atoms with Crippen LogP contribution in [0.2, 0.25) is 5.02 Å². The molecule has 1 aliphatic carbocycles. The zero-order valence-electron chi connectivity index (χ0n) is 24.9. The number of nitrogens with zero attached hydrogens (tertiary/aromatic N) is 6. The molecule has 2 saturated heterocycles. The Hall–Kier alpha value is -3.06. The van der Waals surface area contributed by atoms with Crippen molar-refractivity contribution in [2.24, 2.45) is 0 Å². The molecule has 13 heteroatoms. The standard InChI is InChI=1S/C32H34ClF3N6O2S/c1-3-27(43)40-10-11-41(18(2)15-40)31-22-12-23(33)28(21-13-25(35)26(36)14-24(21)34)30-29(22)42(32(44)37-31)20(17-45-30)16-38-6-8-39(9-7-38)19-4-5-19/h3,12-14,18-20H,1,4-11,15-17H2,2H3/t18-,20-/m0/s1. The van der Waals surface area contributed by atoms with E-state index in [0.717, 1.165) is 32.2 Å². The molecule has 4 heterocycles. The molecule has 238 valence electrons. The third kappa shape index (κ3) is 5.53. The average molecular weight is 659 g/mol. The smallest absolute Gasteiger partial charge is 0.350 e. The number of carbonyl (C=O) groups excluding carboxylic acids is 1. The molecule has 8 nitrogen and oxygen atoms in total. The number of hydrogen-bond acceptors (Lipinski definition) is 7. The molecule has 3 fully saturated rings. The first kappa shape index (κ1) is 30.6. The fourth-order valence-electron chi connectivity index (χ4n) is 7.03. The monoisotopic (exact) mass is 658 g/mol. The average Bonchev–Trinajstić information content (AvgIpc) is 3.87. The molecule has 45 heavy (non-hydrogen) atoms. The summed E-state index contributed by atoms with van der Waals surface area (Å²) in [5, 5.41) is 0.762. The maximum absolute atomic E-state index is 15.2. The van der Waals surface area contributed by atoms with E-state index in [0.29, 0.717) is 65.7 Å². The lowest BCUT2D eigenvalue weighted by molar-refractivity contribution is -0.126. The van der Waals surface area contributed by atoms with E-state index in [9.17, 15) is 18.4 Å². The third-order valence-corrected chi connectivity index (χ3v) is 11.0. The van der Waals surface area contributed by atoms with Crippen molar-refractivity contribution in [2.75, 3.05) is 63.0 Å². The summed E-state index contributed by atoms with van der Waals surface area (Å²) in [6.45, 7) is 11.3. The SMILES string of the molecule is C=CC(=O)N1CCN(c2nc(=O)n3c4c(c(-c5cc(F)c(F)cc5F)c(Cl)cc24)SC[C@@H]3CN2CCN(C3CC3)CC2)[C@@H](C)C1. The minimum Gasteiger partial charge on any atom is -0.350 e. The molecule has 3 aromatic rings. The zero-order chi connectivity index (χ0) is 31.6. The summed E-state index contributed by atoms with van der Waals surface area (Å²) < 4.78 is 45.3. The lowest BCUT2D eigenvalue weighted by atomic mass is 10.0. The van der Waals surface area contributed by atoms with E-state index in [1.54, 1.807) is 15.5 Å². The number of amides is 1. The summed E-state index contributed by atoms with van der Waals surface area (Å²) in [4.78, 5) is 40.1. The van der Waals surface area contributed by atoms with Crippen LogP contribution in [0.15, 0.2) is 40.5 Å². The van der Waals surface area contributed by atoms with Gasteiger partial charge in [0.15, 0.2) is 11.6 Å².